The van der Waals surface area contributed by atoms with Gasteiger partial charge in [-0.15, -0.1) is 0 Å². The molecule has 5 heteroatoms. The van der Waals surface area contributed by atoms with E-state index in [0.29, 0.717) is 37.6 Å². The largest absolute Gasteiger partial charge is 0.393 e. The second kappa shape index (κ2) is 6.00. The predicted octanol–water partition coefficient (Wildman–Crippen LogP) is 3.20. The molecule has 112 valence electrons. The van der Waals surface area contributed by atoms with E-state index < -0.39 is 12.1 Å². The first-order valence-electron chi connectivity index (χ1n) is 7.35. The minimum Gasteiger partial charge on any atom is -0.393 e. The summed E-state index contributed by atoms with van der Waals surface area (Å²) in [6.07, 6.45) is -0.662. The molecular formula is C14H24F3NO. The van der Waals surface area contributed by atoms with E-state index in [4.69, 9.17) is 0 Å². The number of halogens is 3. The van der Waals surface area contributed by atoms with Crippen LogP contribution in [0.25, 0.3) is 0 Å². The van der Waals surface area contributed by atoms with E-state index in [1.165, 1.54) is 0 Å². The molecule has 0 radical (unpaired) electrons. The van der Waals surface area contributed by atoms with Crippen LogP contribution in [-0.4, -0.2) is 41.4 Å². The van der Waals surface area contributed by atoms with Crippen molar-refractivity contribution < 1.29 is 18.3 Å². The number of piperidine rings is 1. The monoisotopic (exact) mass is 279 g/mol. The van der Waals surface area contributed by atoms with Crippen molar-refractivity contribution in [1.82, 2.24) is 4.90 Å². The maximum Gasteiger partial charge on any atom is 0.391 e. The SMILES string of the molecule is CC1CC(O)CCN1CC1CCC(C(F)(F)F)CC1. The summed E-state index contributed by atoms with van der Waals surface area (Å²) in [7, 11) is 0. The zero-order valence-electron chi connectivity index (χ0n) is 11.5. The van der Waals surface area contributed by atoms with Crippen LogP contribution in [0.2, 0.25) is 0 Å². The zero-order valence-corrected chi connectivity index (χ0v) is 11.5. The first kappa shape index (κ1) is 15.1. The maximum absolute atomic E-state index is 12.6. The van der Waals surface area contributed by atoms with Crippen LogP contribution >= 0.6 is 0 Å². The topological polar surface area (TPSA) is 23.5 Å². The van der Waals surface area contributed by atoms with E-state index in [0.717, 1.165) is 25.9 Å². The van der Waals surface area contributed by atoms with E-state index in [-0.39, 0.29) is 6.10 Å². The molecule has 2 unspecified atom stereocenters. The van der Waals surface area contributed by atoms with Gasteiger partial charge in [0.15, 0.2) is 0 Å². The number of nitrogens with zero attached hydrogens (tertiary/aromatic N) is 1. The number of rotatable bonds is 2. The Morgan fingerprint density at radius 2 is 1.74 bits per heavy atom. The third kappa shape index (κ3) is 4.09. The zero-order chi connectivity index (χ0) is 14.0. The van der Waals surface area contributed by atoms with Gasteiger partial charge < -0.3 is 10.0 Å². The van der Waals surface area contributed by atoms with Crippen LogP contribution in [0.3, 0.4) is 0 Å². The maximum atomic E-state index is 12.6. The van der Waals surface area contributed by atoms with Gasteiger partial charge in [0.05, 0.1) is 12.0 Å². The number of aliphatic hydroxyl groups excluding tert-OH is 1. The summed E-state index contributed by atoms with van der Waals surface area (Å²) >= 11 is 0. The van der Waals surface area contributed by atoms with Gasteiger partial charge in [-0.05, 0) is 51.4 Å². The lowest BCUT2D eigenvalue weighted by atomic mass is 9.81. The number of hydrogen-bond acceptors (Lipinski definition) is 2. The highest BCUT2D eigenvalue weighted by atomic mass is 19.4. The Balaban J connectivity index is 1.76. The van der Waals surface area contributed by atoms with Crippen LogP contribution in [0.5, 0.6) is 0 Å². The fourth-order valence-corrected chi connectivity index (χ4v) is 3.47. The molecule has 1 aliphatic carbocycles. The standard InChI is InChI=1S/C14H24F3NO/c1-10-8-13(19)6-7-18(10)9-11-2-4-12(5-3-11)14(15,16)17/h10-13,19H,2-9H2,1H3. The number of hydrogen-bond donors (Lipinski definition) is 1. The van der Waals surface area contributed by atoms with Gasteiger partial charge in [-0.25, -0.2) is 0 Å². The van der Waals surface area contributed by atoms with Gasteiger partial charge in [-0.3, -0.25) is 0 Å². The Morgan fingerprint density at radius 3 is 2.26 bits per heavy atom. The van der Waals surface area contributed by atoms with Gasteiger partial charge in [-0.2, -0.15) is 13.2 Å². The van der Waals surface area contributed by atoms with Gasteiger partial charge in [0.25, 0.3) is 0 Å². The average molecular weight is 279 g/mol. The third-order valence-corrected chi connectivity index (χ3v) is 4.79. The number of likely N-dealkylation sites (tertiary alicyclic amines) is 1. The Bertz CT molecular complexity index is 287. The van der Waals surface area contributed by atoms with E-state index in [1.807, 2.05) is 0 Å². The molecule has 0 aromatic rings. The van der Waals surface area contributed by atoms with E-state index in [9.17, 15) is 18.3 Å². The fraction of sp³-hybridized carbons (Fsp3) is 1.00. The summed E-state index contributed by atoms with van der Waals surface area (Å²) in [6, 6.07) is 0.351. The summed E-state index contributed by atoms with van der Waals surface area (Å²) in [5.41, 5.74) is 0. The molecule has 2 fully saturated rings. The van der Waals surface area contributed by atoms with Crippen molar-refractivity contribution in [2.45, 2.75) is 63.8 Å². The molecule has 2 rings (SSSR count). The van der Waals surface area contributed by atoms with Crippen molar-refractivity contribution in [3.05, 3.63) is 0 Å². The van der Waals surface area contributed by atoms with E-state index in [1.54, 1.807) is 0 Å². The molecule has 1 saturated heterocycles. The van der Waals surface area contributed by atoms with Crippen LogP contribution in [0, 0.1) is 11.8 Å². The molecule has 2 atom stereocenters. The van der Waals surface area contributed by atoms with Crippen LogP contribution in [0.15, 0.2) is 0 Å². The molecule has 1 N–H and O–H groups in total. The molecule has 0 aromatic carbocycles. The van der Waals surface area contributed by atoms with Gasteiger partial charge in [0.1, 0.15) is 0 Å². The van der Waals surface area contributed by atoms with Crippen molar-refractivity contribution >= 4 is 0 Å². The van der Waals surface area contributed by atoms with Crippen LogP contribution < -0.4 is 0 Å². The minimum absolute atomic E-state index is 0.202. The molecule has 0 bridgehead atoms. The number of alkyl halides is 3. The Hall–Kier alpha value is -0.290. The molecule has 0 spiro atoms. The van der Waals surface area contributed by atoms with Crippen molar-refractivity contribution in [2.24, 2.45) is 11.8 Å². The highest BCUT2D eigenvalue weighted by Gasteiger charge is 2.41. The highest BCUT2D eigenvalue weighted by molar-refractivity contribution is 4.83. The van der Waals surface area contributed by atoms with Crippen LogP contribution in [-0.2, 0) is 0 Å². The minimum atomic E-state index is -4.01. The normalized spacial score (nSPS) is 38.4. The van der Waals surface area contributed by atoms with E-state index >= 15 is 0 Å². The summed E-state index contributed by atoms with van der Waals surface area (Å²) in [5, 5.41) is 9.58. The molecule has 2 nitrogen and oxygen atoms in total. The van der Waals surface area contributed by atoms with Crippen molar-refractivity contribution in [2.75, 3.05) is 13.1 Å². The third-order valence-electron chi connectivity index (χ3n) is 4.79. The summed E-state index contributed by atoms with van der Waals surface area (Å²) in [5.74, 6) is -0.680. The Morgan fingerprint density at radius 1 is 1.11 bits per heavy atom. The lowest BCUT2D eigenvalue weighted by Crippen LogP contribution is -2.45. The lowest BCUT2D eigenvalue weighted by molar-refractivity contribution is -0.184. The molecule has 19 heavy (non-hydrogen) atoms. The average Bonchev–Trinajstić information content (AvgIpc) is 2.32. The Kier molecular flexibility index (Phi) is 4.77. The second-order valence-corrected chi connectivity index (χ2v) is 6.28. The highest BCUT2D eigenvalue weighted by Crippen LogP contribution is 2.40. The van der Waals surface area contributed by atoms with Crippen molar-refractivity contribution in [3.8, 4) is 0 Å². The molecular weight excluding hydrogens is 255 g/mol. The summed E-state index contributed by atoms with van der Waals surface area (Å²) in [6.45, 7) is 3.88. The second-order valence-electron chi connectivity index (χ2n) is 6.28. The van der Waals surface area contributed by atoms with Crippen LogP contribution in [0.1, 0.15) is 45.4 Å². The first-order chi connectivity index (χ1) is 8.86. The van der Waals surface area contributed by atoms with Gasteiger partial charge in [-0.1, -0.05) is 0 Å². The number of aliphatic hydroxyl groups is 1. The molecule has 0 aromatic heterocycles. The van der Waals surface area contributed by atoms with Crippen LogP contribution in [0.4, 0.5) is 13.2 Å². The summed E-state index contributed by atoms with van der Waals surface area (Å²) in [4.78, 5) is 2.34. The molecule has 2 aliphatic rings. The molecule has 0 amide bonds. The summed E-state index contributed by atoms with van der Waals surface area (Å²) < 4.78 is 37.8. The smallest absolute Gasteiger partial charge is 0.391 e. The fourth-order valence-electron chi connectivity index (χ4n) is 3.47. The van der Waals surface area contributed by atoms with Crippen molar-refractivity contribution in [1.29, 1.82) is 0 Å². The molecule has 1 aliphatic heterocycles. The van der Waals surface area contributed by atoms with Gasteiger partial charge in [0, 0.05) is 19.1 Å². The Labute approximate surface area is 113 Å². The first-order valence-corrected chi connectivity index (χ1v) is 7.35. The quantitative estimate of drug-likeness (QED) is 0.839. The van der Waals surface area contributed by atoms with Gasteiger partial charge >= 0.3 is 6.18 Å². The predicted molar refractivity (Wildman–Crippen MR) is 67.8 cm³/mol. The molecule has 1 heterocycles. The van der Waals surface area contributed by atoms with Gasteiger partial charge in [0.2, 0.25) is 0 Å². The van der Waals surface area contributed by atoms with Crippen molar-refractivity contribution in [3.63, 3.8) is 0 Å². The molecule has 1 saturated carbocycles. The lowest BCUT2D eigenvalue weighted by Gasteiger charge is -2.39. The van der Waals surface area contributed by atoms with E-state index in [2.05, 4.69) is 11.8 Å².